The lowest BCUT2D eigenvalue weighted by atomic mass is 10.0. The van der Waals surface area contributed by atoms with Crippen molar-refractivity contribution < 1.29 is 9.47 Å². The van der Waals surface area contributed by atoms with Crippen LogP contribution in [-0.4, -0.2) is 75.4 Å². The molecule has 0 spiro atoms. The van der Waals surface area contributed by atoms with Crippen LogP contribution >= 0.6 is 11.8 Å². The molecule has 1 saturated carbocycles. The second-order valence-corrected chi connectivity index (χ2v) is 8.54. The normalized spacial score (nSPS) is 24.8. The molecule has 1 heterocycles. The first kappa shape index (κ1) is 21.3. The number of thioether (sulfide) groups is 1. The Labute approximate surface area is 173 Å². The minimum atomic E-state index is 0.274. The lowest BCUT2D eigenvalue weighted by molar-refractivity contribution is 0.0170. The molecule has 1 aromatic carbocycles. The van der Waals surface area contributed by atoms with E-state index in [2.05, 4.69) is 38.9 Å². The zero-order valence-corrected chi connectivity index (χ0v) is 18.1. The van der Waals surface area contributed by atoms with Gasteiger partial charge in [-0.1, -0.05) is 12.1 Å². The Morgan fingerprint density at radius 1 is 1.29 bits per heavy atom. The van der Waals surface area contributed by atoms with Gasteiger partial charge in [-0.15, -0.1) is 0 Å². The van der Waals surface area contributed by atoms with Gasteiger partial charge in [0.2, 0.25) is 0 Å². The van der Waals surface area contributed by atoms with Gasteiger partial charge in [0.15, 0.2) is 5.96 Å². The van der Waals surface area contributed by atoms with Gasteiger partial charge in [0.05, 0.1) is 26.4 Å². The van der Waals surface area contributed by atoms with E-state index in [0.29, 0.717) is 6.04 Å². The molecule has 3 rings (SSSR count). The number of guanidine groups is 1. The Morgan fingerprint density at radius 3 is 2.64 bits per heavy atom. The molecule has 2 aliphatic rings. The summed E-state index contributed by atoms with van der Waals surface area (Å²) in [5.41, 5.74) is 1.29. The van der Waals surface area contributed by atoms with Crippen molar-refractivity contribution in [2.45, 2.75) is 36.6 Å². The van der Waals surface area contributed by atoms with E-state index in [0.717, 1.165) is 49.8 Å². The summed E-state index contributed by atoms with van der Waals surface area (Å²) >= 11 is 1.98. The van der Waals surface area contributed by atoms with Crippen LogP contribution in [-0.2, 0) is 4.74 Å². The first-order valence-electron chi connectivity index (χ1n) is 10.2. The maximum atomic E-state index is 5.56. The maximum Gasteiger partial charge on any atom is 0.191 e. The van der Waals surface area contributed by atoms with Crippen LogP contribution in [0.25, 0.3) is 0 Å². The number of methoxy groups -OCH3 is 1. The molecule has 0 aromatic heterocycles. The second kappa shape index (κ2) is 10.9. The molecule has 1 aromatic rings. The standard InChI is InChI=1S/C21H34N4O2S/c1-22-21(24-17-6-9-19(14-17)28-3)23-15-20(25-10-12-27-13-11-25)16-4-7-18(26-2)8-5-16/h4-5,7-8,17,19-20H,6,9-15H2,1-3H3,(H2,22,23,24). The Balaban J connectivity index is 1.62. The smallest absolute Gasteiger partial charge is 0.191 e. The van der Waals surface area contributed by atoms with Crippen molar-refractivity contribution in [3.63, 3.8) is 0 Å². The highest BCUT2D eigenvalue weighted by molar-refractivity contribution is 7.99. The third-order valence-electron chi connectivity index (χ3n) is 5.73. The van der Waals surface area contributed by atoms with Crippen LogP contribution in [0.4, 0.5) is 0 Å². The summed E-state index contributed by atoms with van der Waals surface area (Å²) in [6, 6.07) is 9.20. The first-order chi connectivity index (χ1) is 13.7. The lowest BCUT2D eigenvalue weighted by Gasteiger charge is -2.35. The van der Waals surface area contributed by atoms with Gasteiger partial charge in [0.25, 0.3) is 0 Å². The fraction of sp³-hybridized carbons (Fsp3) is 0.667. The predicted octanol–water partition coefficient (Wildman–Crippen LogP) is 2.52. The van der Waals surface area contributed by atoms with E-state index in [1.807, 2.05) is 30.9 Å². The van der Waals surface area contributed by atoms with Crippen molar-refractivity contribution in [2.75, 3.05) is 53.3 Å². The number of hydrogen-bond donors (Lipinski definition) is 2. The molecule has 6 nitrogen and oxygen atoms in total. The van der Waals surface area contributed by atoms with Gasteiger partial charge >= 0.3 is 0 Å². The SMILES string of the molecule is CN=C(NCC(c1ccc(OC)cc1)N1CCOCC1)NC1CCC(SC)C1. The van der Waals surface area contributed by atoms with Gasteiger partial charge < -0.3 is 20.1 Å². The summed E-state index contributed by atoms with van der Waals surface area (Å²) in [4.78, 5) is 6.96. The van der Waals surface area contributed by atoms with Crippen LogP contribution in [0.3, 0.4) is 0 Å². The third kappa shape index (κ3) is 5.78. The summed E-state index contributed by atoms with van der Waals surface area (Å²) < 4.78 is 10.9. The highest BCUT2D eigenvalue weighted by atomic mass is 32.2. The Hall–Kier alpha value is -1.44. The third-order valence-corrected chi connectivity index (χ3v) is 6.83. The topological polar surface area (TPSA) is 58.1 Å². The fourth-order valence-corrected chi connectivity index (χ4v) is 4.84. The summed E-state index contributed by atoms with van der Waals surface area (Å²) in [5.74, 6) is 1.79. The second-order valence-electron chi connectivity index (χ2n) is 7.40. The van der Waals surface area contributed by atoms with Crippen molar-refractivity contribution in [2.24, 2.45) is 4.99 Å². The van der Waals surface area contributed by atoms with Crippen LogP contribution in [0.1, 0.15) is 30.9 Å². The van der Waals surface area contributed by atoms with Gasteiger partial charge in [-0.3, -0.25) is 9.89 Å². The lowest BCUT2D eigenvalue weighted by Crippen LogP contribution is -2.48. The number of nitrogens with one attached hydrogen (secondary N) is 2. The molecule has 0 radical (unpaired) electrons. The zero-order valence-electron chi connectivity index (χ0n) is 17.3. The van der Waals surface area contributed by atoms with E-state index in [1.165, 1.54) is 24.8 Å². The van der Waals surface area contributed by atoms with Crippen LogP contribution in [0, 0.1) is 0 Å². The fourth-order valence-electron chi connectivity index (χ4n) is 4.04. The molecule has 2 N–H and O–H groups in total. The van der Waals surface area contributed by atoms with Gasteiger partial charge in [-0.25, -0.2) is 0 Å². The average Bonchev–Trinajstić information content (AvgIpc) is 3.22. The molecule has 3 unspecified atom stereocenters. The quantitative estimate of drug-likeness (QED) is 0.536. The molecule has 1 aliphatic carbocycles. The number of benzene rings is 1. The molecule has 156 valence electrons. The van der Waals surface area contributed by atoms with Crippen LogP contribution in [0.15, 0.2) is 29.3 Å². The highest BCUT2D eigenvalue weighted by Gasteiger charge is 2.26. The van der Waals surface area contributed by atoms with Crippen molar-refractivity contribution in [3.8, 4) is 5.75 Å². The van der Waals surface area contributed by atoms with Crippen molar-refractivity contribution >= 4 is 17.7 Å². The number of rotatable bonds is 7. The van der Waals surface area contributed by atoms with Crippen molar-refractivity contribution in [1.29, 1.82) is 0 Å². The maximum absolute atomic E-state index is 5.56. The molecule has 7 heteroatoms. The molecular weight excluding hydrogens is 372 g/mol. The van der Waals surface area contributed by atoms with E-state index < -0.39 is 0 Å². The molecule has 1 saturated heterocycles. The Morgan fingerprint density at radius 2 is 2.04 bits per heavy atom. The van der Waals surface area contributed by atoms with Crippen LogP contribution in [0.5, 0.6) is 5.75 Å². The van der Waals surface area contributed by atoms with E-state index in [4.69, 9.17) is 9.47 Å². The number of nitrogens with zero attached hydrogens (tertiary/aromatic N) is 2. The zero-order chi connectivity index (χ0) is 19.8. The van der Waals surface area contributed by atoms with Crippen molar-refractivity contribution in [3.05, 3.63) is 29.8 Å². The Kier molecular flexibility index (Phi) is 8.30. The van der Waals surface area contributed by atoms with Crippen LogP contribution < -0.4 is 15.4 Å². The summed E-state index contributed by atoms with van der Waals surface area (Å²) in [5, 5.41) is 7.97. The Bertz CT molecular complexity index is 619. The predicted molar refractivity (Wildman–Crippen MR) is 118 cm³/mol. The molecular formula is C21H34N4O2S. The number of morpholine rings is 1. The molecule has 0 amide bonds. The largest absolute Gasteiger partial charge is 0.497 e. The van der Waals surface area contributed by atoms with E-state index in [-0.39, 0.29) is 6.04 Å². The van der Waals surface area contributed by atoms with E-state index in [1.54, 1.807) is 7.11 Å². The van der Waals surface area contributed by atoms with Crippen molar-refractivity contribution in [1.82, 2.24) is 15.5 Å². The monoisotopic (exact) mass is 406 g/mol. The highest BCUT2D eigenvalue weighted by Crippen LogP contribution is 2.28. The summed E-state index contributed by atoms with van der Waals surface area (Å²) in [7, 11) is 3.56. The molecule has 2 fully saturated rings. The average molecular weight is 407 g/mol. The van der Waals surface area contributed by atoms with Gasteiger partial charge in [0.1, 0.15) is 5.75 Å². The van der Waals surface area contributed by atoms with Gasteiger partial charge in [-0.2, -0.15) is 11.8 Å². The number of hydrogen-bond acceptors (Lipinski definition) is 5. The van der Waals surface area contributed by atoms with E-state index in [9.17, 15) is 0 Å². The first-order valence-corrected chi connectivity index (χ1v) is 11.5. The molecule has 0 bridgehead atoms. The molecule has 28 heavy (non-hydrogen) atoms. The number of aliphatic imine (C=N–C) groups is 1. The van der Waals surface area contributed by atoms with Crippen LogP contribution in [0.2, 0.25) is 0 Å². The van der Waals surface area contributed by atoms with Gasteiger partial charge in [-0.05, 0) is 43.2 Å². The minimum absolute atomic E-state index is 0.274. The minimum Gasteiger partial charge on any atom is -0.497 e. The number of ether oxygens (including phenoxy) is 2. The summed E-state index contributed by atoms with van der Waals surface area (Å²) in [6.07, 6.45) is 5.94. The van der Waals surface area contributed by atoms with Gasteiger partial charge in [0, 0.05) is 38.0 Å². The molecule has 3 atom stereocenters. The summed E-state index contributed by atoms with van der Waals surface area (Å²) in [6.45, 7) is 4.28. The molecule has 1 aliphatic heterocycles. The van der Waals surface area contributed by atoms with E-state index >= 15 is 0 Å².